The second-order valence-electron chi connectivity index (χ2n) is 5.52. The number of benzene rings is 2. The highest BCUT2D eigenvalue weighted by atomic mass is 16.6. The van der Waals surface area contributed by atoms with E-state index < -0.39 is 10.9 Å². The Morgan fingerprint density at radius 3 is 2.88 bits per heavy atom. The molecule has 0 amide bonds. The molecule has 1 aromatic heterocycles. The number of esters is 1. The lowest BCUT2D eigenvalue weighted by Crippen LogP contribution is -2.06. The Labute approximate surface area is 149 Å². The highest BCUT2D eigenvalue weighted by molar-refractivity contribution is 5.95. The molecule has 0 fully saturated rings. The van der Waals surface area contributed by atoms with E-state index in [1.165, 1.54) is 18.2 Å². The van der Waals surface area contributed by atoms with Crippen molar-refractivity contribution >= 4 is 33.9 Å². The van der Waals surface area contributed by atoms with E-state index >= 15 is 0 Å². The van der Waals surface area contributed by atoms with Gasteiger partial charge in [0, 0.05) is 46.6 Å². The number of carbonyl (C=O) groups is 1. The van der Waals surface area contributed by atoms with Crippen molar-refractivity contribution in [2.45, 2.75) is 6.92 Å². The number of nitrogens with zero attached hydrogens (tertiary/aromatic N) is 1. The zero-order valence-electron chi connectivity index (χ0n) is 14.1. The van der Waals surface area contributed by atoms with E-state index in [4.69, 9.17) is 4.74 Å². The van der Waals surface area contributed by atoms with E-state index in [0.717, 1.165) is 16.6 Å². The summed E-state index contributed by atoms with van der Waals surface area (Å²) in [6, 6.07) is 13.7. The van der Waals surface area contributed by atoms with Crippen LogP contribution in [-0.4, -0.2) is 22.5 Å². The zero-order chi connectivity index (χ0) is 18.5. The Morgan fingerprint density at radius 2 is 2.12 bits per heavy atom. The van der Waals surface area contributed by atoms with Crippen molar-refractivity contribution in [1.82, 2.24) is 4.98 Å². The Morgan fingerprint density at radius 1 is 1.27 bits per heavy atom. The summed E-state index contributed by atoms with van der Waals surface area (Å²) in [7, 11) is 0. The predicted octanol–water partition coefficient (Wildman–Crippen LogP) is 4.09. The number of hydrogen-bond acceptors (Lipinski definition) is 5. The molecule has 7 nitrogen and oxygen atoms in total. The first-order valence-electron chi connectivity index (χ1n) is 8.04. The van der Waals surface area contributed by atoms with Crippen LogP contribution in [-0.2, 0) is 9.53 Å². The van der Waals surface area contributed by atoms with Crippen molar-refractivity contribution in [1.29, 1.82) is 0 Å². The van der Waals surface area contributed by atoms with Crippen LogP contribution in [0, 0.1) is 10.1 Å². The molecule has 0 unspecified atom stereocenters. The van der Waals surface area contributed by atoms with Crippen LogP contribution in [0.1, 0.15) is 12.5 Å². The van der Waals surface area contributed by atoms with Gasteiger partial charge in [-0.25, -0.2) is 4.79 Å². The number of nitro groups is 1. The van der Waals surface area contributed by atoms with E-state index in [2.05, 4.69) is 10.3 Å². The molecule has 3 rings (SSSR count). The molecule has 0 saturated heterocycles. The molecule has 132 valence electrons. The van der Waals surface area contributed by atoms with Gasteiger partial charge >= 0.3 is 5.97 Å². The molecule has 0 bridgehead atoms. The number of fused-ring (bicyclic) bond motifs is 1. The quantitative estimate of drug-likeness (QED) is 0.302. The molecule has 0 spiro atoms. The van der Waals surface area contributed by atoms with Crippen LogP contribution in [0.3, 0.4) is 0 Å². The van der Waals surface area contributed by atoms with Gasteiger partial charge in [0.25, 0.3) is 5.69 Å². The third-order valence-corrected chi connectivity index (χ3v) is 3.75. The summed E-state index contributed by atoms with van der Waals surface area (Å²) in [5.74, 6) is -0.524. The number of nitro benzene ring substituents is 1. The van der Waals surface area contributed by atoms with Crippen molar-refractivity contribution < 1.29 is 14.5 Å². The summed E-state index contributed by atoms with van der Waals surface area (Å²) in [6.07, 6.45) is 3.13. The van der Waals surface area contributed by atoms with E-state index in [-0.39, 0.29) is 12.3 Å². The fourth-order valence-corrected chi connectivity index (χ4v) is 2.57. The molecular weight excluding hydrogens is 334 g/mol. The van der Waals surface area contributed by atoms with Crippen LogP contribution in [0.5, 0.6) is 0 Å². The number of aromatic nitrogens is 1. The van der Waals surface area contributed by atoms with Gasteiger partial charge in [0.15, 0.2) is 0 Å². The first-order valence-corrected chi connectivity index (χ1v) is 8.04. The molecule has 2 N–H and O–H groups in total. The zero-order valence-corrected chi connectivity index (χ0v) is 14.1. The van der Waals surface area contributed by atoms with Crippen molar-refractivity contribution in [2.75, 3.05) is 11.9 Å². The number of non-ortho nitro benzene ring substituents is 1. The van der Waals surface area contributed by atoms with E-state index in [1.807, 2.05) is 30.5 Å². The minimum atomic E-state index is -0.524. The van der Waals surface area contributed by atoms with Crippen molar-refractivity contribution in [3.8, 4) is 0 Å². The van der Waals surface area contributed by atoms with Crippen molar-refractivity contribution in [3.63, 3.8) is 0 Å². The van der Waals surface area contributed by atoms with Gasteiger partial charge in [0.05, 0.1) is 17.2 Å². The average Bonchev–Trinajstić information content (AvgIpc) is 3.09. The number of anilines is 1. The second-order valence-corrected chi connectivity index (χ2v) is 5.52. The van der Waals surface area contributed by atoms with Gasteiger partial charge in [-0.05, 0) is 31.2 Å². The summed E-state index contributed by atoms with van der Waals surface area (Å²) in [5, 5.41) is 15.2. The second kappa shape index (κ2) is 7.52. The topological polar surface area (TPSA) is 97.3 Å². The number of rotatable bonds is 6. The van der Waals surface area contributed by atoms with Gasteiger partial charge in [-0.15, -0.1) is 0 Å². The summed E-state index contributed by atoms with van der Waals surface area (Å²) in [5.41, 5.74) is 2.62. The van der Waals surface area contributed by atoms with Gasteiger partial charge in [0.1, 0.15) is 0 Å². The normalized spacial score (nSPS) is 11.3. The molecule has 1 heterocycles. The highest BCUT2D eigenvalue weighted by Crippen LogP contribution is 2.25. The summed E-state index contributed by atoms with van der Waals surface area (Å²) >= 11 is 0. The molecule has 0 aliphatic heterocycles. The standard InChI is InChI=1S/C19H17N3O4/c1-2-26-19(23)12-18(13-4-3-5-16(11-13)22(24)25)21-15-6-7-17-14(10-15)8-9-20-17/h3-12,20-21H,2H2,1H3/b18-12+. The predicted molar refractivity (Wildman–Crippen MR) is 99.6 cm³/mol. The summed E-state index contributed by atoms with van der Waals surface area (Å²) in [4.78, 5) is 25.6. The first kappa shape index (κ1) is 17.2. The fourth-order valence-electron chi connectivity index (χ4n) is 2.57. The number of carbonyl (C=O) groups excluding carboxylic acids is 1. The van der Waals surface area contributed by atoms with E-state index in [9.17, 15) is 14.9 Å². The number of aromatic amines is 1. The Balaban J connectivity index is 1.98. The lowest BCUT2D eigenvalue weighted by molar-refractivity contribution is -0.384. The Hall–Kier alpha value is -3.61. The van der Waals surface area contributed by atoms with Gasteiger partial charge in [-0.2, -0.15) is 0 Å². The van der Waals surface area contributed by atoms with Crippen LogP contribution in [0.15, 0.2) is 60.8 Å². The lowest BCUT2D eigenvalue weighted by Gasteiger charge is -2.12. The van der Waals surface area contributed by atoms with Crippen molar-refractivity contribution in [2.24, 2.45) is 0 Å². The molecule has 0 saturated carbocycles. The average molecular weight is 351 g/mol. The number of hydrogen-bond donors (Lipinski definition) is 2. The maximum Gasteiger partial charge on any atom is 0.332 e. The Kier molecular flexibility index (Phi) is 4.98. The van der Waals surface area contributed by atoms with E-state index in [0.29, 0.717) is 11.3 Å². The van der Waals surface area contributed by atoms with Gasteiger partial charge in [-0.1, -0.05) is 12.1 Å². The van der Waals surface area contributed by atoms with Crippen LogP contribution >= 0.6 is 0 Å². The van der Waals surface area contributed by atoms with Crippen LogP contribution in [0.2, 0.25) is 0 Å². The molecular formula is C19H17N3O4. The summed E-state index contributed by atoms with van der Waals surface area (Å²) < 4.78 is 4.97. The number of ether oxygens (including phenoxy) is 1. The van der Waals surface area contributed by atoms with Crippen LogP contribution < -0.4 is 5.32 Å². The number of nitrogens with one attached hydrogen (secondary N) is 2. The SMILES string of the molecule is CCOC(=O)/C=C(/Nc1ccc2[nH]ccc2c1)c1cccc([N+](=O)[O-])c1. The number of H-pyrrole nitrogens is 1. The molecule has 0 radical (unpaired) electrons. The van der Waals surface area contributed by atoms with Crippen LogP contribution in [0.4, 0.5) is 11.4 Å². The maximum absolute atomic E-state index is 11.9. The highest BCUT2D eigenvalue weighted by Gasteiger charge is 2.12. The third kappa shape index (κ3) is 3.89. The van der Waals surface area contributed by atoms with Gasteiger partial charge in [-0.3, -0.25) is 10.1 Å². The molecule has 0 atom stereocenters. The molecule has 7 heteroatoms. The first-order chi connectivity index (χ1) is 12.6. The maximum atomic E-state index is 11.9. The smallest absolute Gasteiger partial charge is 0.332 e. The lowest BCUT2D eigenvalue weighted by atomic mass is 10.1. The molecule has 0 aliphatic rings. The largest absolute Gasteiger partial charge is 0.463 e. The monoisotopic (exact) mass is 351 g/mol. The molecule has 2 aromatic carbocycles. The van der Waals surface area contributed by atoms with Crippen LogP contribution in [0.25, 0.3) is 16.6 Å². The van der Waals surface area contributed by atoms with E-state index in [1.54, 1.807) is 19.1 Å². The van der Waals surface area contributed by atoms with Gasteiger partial charge < -0.3 is 15.0 Å². The van der Waals surface area contributed by atoms with Crippen molar-refractivity contribution in [3.05, 3.63) is 76.5 Å². The third-order valence-electron chi connectivity index (χ3n) is 3.75. The molecule has 26 heavy (non-hydrogen) atoms. The fraction of sp³-hybridized carbons (Fsp3) is 0.105. The minimum Gasteiger partial charge on any atom is -0.463 e. The molecule has 3 aromatic rings. The minimum absolute atomic E-state index is 0.0554. The van der Waals surface area contributed by atoms with Gasteiger partial charge in [0.2, 0.25) is 0 Å². The molecule has 0 aliphatic carbocycles. The summed E-state index contributed by atoms with van der Waals surface area (Å²) in [6.45, 7) is 1.96. The Bertz CT molecular complexity index is 991.